The minimum Gasteiger partial charge on any atom is -0.380 e. The molecule has 10 heteroatoms. The molecular formula is C18H19F3N2O4S. The smallest absolute Gasteiger partial charge is 0.380 e. The number of sulfonamides is 1. The van der Waals surface area contributed by atoms with Crippen LogP contribution in [0.5, 0.6) is 0 Å². The molecule has 28 heavy (non-hydrogen) atoms. The standard InChI is InChI=1S/C18H19F3N2O4S/c1-27-11-14-4-2-3-13(9-14)10-23-28(25,26)16-7-5-15(6-8-16)17(24)22-12-18(19,20)21/h2-9,23H,10-12H2,1H3,(H,22,24). The van der Waals surface area contributed by atoms with E-state index in [1.165, 1.54) is 0 Å². The van der Waals surface area contributed by atoms with Crippen LogP contribution in [0.15, 0.2) is 53.4 Å². The number of amides is 1. The number of methoxy groups -OCH3 is 1. The number of ether oxygens (including phenoxy) is 1. The van der Waals surface area contributed by atoms with E-state index in [2.05, 4.69) is 4.72 Å². The van der Waals surface area contributed by atoms with Gasteiger partial charge in [-0.3, -0.25) is 4.79 Å². The van der Waals surface area contributed by atoms with Crippen molar-refractivity contribution >= 4 is 15.9 Å². The fraction of sp³-hybridized carbons (Fsp3) is 0.278. The van der Waals surface area contributed by atoms with Crippen LogP contribution in [0.25, 0.3) is 0 Å². The summed E-state index contributed by atoms with van der Waals surface area (Å²) >= 11 is 0. The van der Waals surface area contributed by atoms with E-state index in [-0.39, 0.29) is 17.0 Å². The van der Waals surface area contributed by atoms with Gasteiger partial charge in [-0.2, -0.15) is 13.2 Å². The van der Waals surface area contributed by atoms with Crippen molar-refractivity contribution in [2.75, 3.05) is 13.7 Å². The van der Waals surface area contributed by atoms with Gasteiger partial charge in [-0.1, -0.05) is 24.3 Å². The molecule has 0 saturated heterocycles. The van der Waals surface area contributed by atoms with Gasteiger partial charge >= 0.3 is 6.18 Å². The number of nitrogens with one attached hydrogen (secondary N) is 2. The second kappa shape index (κ2) is 9.18. The van der Waals surface area contributed by atoms with Gasteiger partial charge in [0, 0.05) is 19.2 Å². The summed E-state index contributed by atoms with van der Waals surface area (Å²) in [5.74, 6) is -0.941. The molecule has 1 amide bonds. The molecule has 0 heterocycles. The first-order valence-electron chi connectivity index (χ1n) is 8.12. The first kappa shape index (κ1) is 21.9. The molecule has 6 nitrogen and oxygen atoms in total. The van der Waals surface area contributed by atoms with Crippen LogP contribution >= 0.6 is 0 Å². The highest BCUT2D eigenvalue weighted by Crippen LogP contribution is 2.15. The minimum atomic E-state index is -4.52. The van der Waals surface area contributed by atoms with Crippen LogP contribution in [0.2, 0.25) is 0 Å². The van der Waals surface area contributed by atoms with E-state index in [0.717, 1.165) is 35.4 Å². The maximum absolute atomic E-state index is 12.4. The quantitative estimate of drug-likeness (QED) is 0.693. The van der Waals surface area contributed by atoms with Crippen LogP contribution in [0.4, 0.5) is 13.2 Å². The largest absolute Gasteiger partial charge is 0.405 e. The Morgan fingerprint density at radius 3 is 2.32 bits per heavy atom. The minimum absolute atomic E-state index is 0.0493. The summed E-state index contributed by atoms with van der Waals surface area (Å²) < 4.78 is 68.6. The van der Waals surface area contributed by atoms with E-state index in [0.29, 0.717) is 6.61 Å². The number of alkyl halides is 3. The Hall–Kier alpha value is -2.43. The van der Waals surface area contributed by atoms with Crippen LogP contribution in [0.1, 0.15) is 21.5 Å². The van der Waals surface area contributed by atoms with Gasteiger partial charge in [0.05, 0.1) is 11.5 Å². The van der Waals surface area contributed by atoms with Gasteiger partial charge in [-0.15, -0.1) is 0 Å². The number of benzene rings is 2. The monoisotopic (exact) mass is 416 g/mol. The average Bonchev–Trinajstić information content (AvgIpc) is 2.65. The van der Waals surface area contributed by atoms with Crippen molar-refractivity contribution in [3.8, 4) is 0 Å². The highest BCUT2D eigenvalue weighted by atomic mass is 32.2. The second-order valence-electron chi connectivity index (χ2n) is 5.90. The van der Waals surface area contributed by atoms with Gasteiger partial charge in [-0.05, 0) is 35.4 Å². The van der Waals surface area contributed by atoms with E-state index in [1.54, 1.807) is 30.6 Å². The molecular weight excluding hydrogens is 397 g/mol. The van der Waals surface area contributed by atoms with Crippen molar-refractivity contribution in [1.82, 2.24) is 10.0 Å². The normalized spacial score (nSPS) is 12.0. The lowest BCUT2D eigenvalue weighted by Crippen LogP contribution is -2.33. The maximum Gasteiger partial charge on any atom is 0.405 e. The van der Waals surface area contributed by atoms with Crippen LogP contribution in [-0.2, 0) is 27.9 Å². The van der Waals surface area contributed by atoms with Gasteiger partial charge in [0.2, 0.25) is 10.0 Å². The zero-order valence-electron chi connectivity index (χ0n) is 14.9. The van der Waals surface area contributed by atoms with Crippen molar-refractivity contribution in [2.24, 2.45) is 0 Å². The summed E-state index contributed by atoms with van der Waals surface area (Å²) in [6.07, 6.45) is -4.52. The average molecular weight is 416 g/mol. The summed E-state index contributed by atoms with van der Waals surface area (Å²) in [7, 11) is -2.30. The lowest BCUT2D eigenvalue weighted by Gasteiger charge is -2.10. The third kappa shape index (κ3) is 6.63. The van der Waals surface area contributed by atoms with Crippen LogP contribution < -0.4 is 10.0 Å². The first-order chi connectivity index (χ1) is 13.1. The van der Waals surface area contributed by atoms with Crippen molar-refractivity contribution in [3.05, 3.63) is 65.2 Å². The summed E-state index contributed by atoms with van der Waals surface area (Å²) in [6.45, 7) is -1.01. The van der Waals surface area contributed by atoms with Crippen LogP contribution in [-0.4, -0.2) is 34.2 Å². The third-order valence-electron chi connectivity index (χ3n) is 3.64. The van der Waals surface area contributed by atoms with Crippen molar-refractivity contribution in [1.29, 1.82) is 0 Å². The van der Waals surface area contributed by atoms with Gasteiger partial charge in [0.15, 0.2) is 0 Å². The lowest BCUT2D eigenvalue weighted by molar-refractivity contribution is -0.123. The number of hydrogen-bond acceptors (Lipinski definition) is 4. The SMILES string of the molecule is COCc1cccc(CNS(=O)(=O)c2ccc(C(=O)NCC(F)(F)F)cc2)c1. The molecule has 0 aromatic heterocycles. The van der Waals surface area contributed by atoms with Gasteiger partial charge < -0.3 is 10.1 Å². The Bertz CT molecular complexity index is 913. The Kier molecular flexibility index (Phi) is 7.17. The molecule has 2 aromatic carbocycles. The molecule has 0 saturated carbocycles. The fourth-order valence-electron chi connectivity index (χ4n) is 2.33. The van der Waals surface area contributed by atoms with E-state index in [1.807, 2.05) is 6.07 Å². The van der Waals surface area contributed by atoms with Gasteiger partial charge in [0.1, 0.15) is 6.54 Å². The van der Waals surface area contributed by atoms with Crippen molar-refractivity contribution in [3.63, 3.8) is 0 Å². The summed E-state index contributed by atoms with van der Waals surface area (Å²) in [5.41, 5.74) is 1.56. The molecule has 0 aliphatic rings. The number of carbonyl (C=O) groups excluding carboxylic acids is 1. The van der Waals surface area contributed by atoms with E-state index in [9.17, 15) is 26.4 Å². The molecule has 2 aromatic rings. The Labute approximate surface area is 160 Å². The number of carbonyl (C=O) groups is 1. The Morgan fingerprint density at radius 2 is 1.71 bits per heavy atom. The fourth-order valence-corrected chi connectivity index (χ4v) is 3.34. The van der Waals surface area contributed by atoms with E-state index >= 15 is 0 Å². The zero-order chi connectivity index (χ0) is 20.8. The molecule has 0 radical (unpaired) electrons. The molecule has 0 unspecified atom stereocenters. The van der Waals surface area contributed by atoms with Crippen LogP contribution in [0, 0.1) is 0 Å². The predicted octanol–water partition coefficient (Wildman–Crippen LogP) is 2.60. The number of halogens is 3. The zero-order valence-corrected chi connectivity index (χ0v) is 15.7. The van der Waals surface area contributed by atoms with Gasteiger partial charge in [-0.25, -0.2) is 13.1 Å². The van der Waals surface area contributed by atoms with Crippen molar-refractivity contribution in [2.45, 2.75) is 24.2 Å². The second-order valence-corrected chi connectivity index (χ2v) is 7.67. The molecule has 2 rings (SSSR count). The number of rotatable bonds is 8. The molecule has 0 fully saturated rings. The summed E-state index contributed by atoms with van der Waals surface area (Å²) in [6, 6.07) is 11.8. The highest BCUT2D eigenvalue weighted by molar-refractivity contribution is 7.89. The van der Waals surface area contributed by atoms with Crippen molar-refractivity contribution < 1.29 is 31.1 Å². The first-order valence-corrected chi connectivity index (χ1v) is 9.60. The van der Waals surface area contributed by atoms with E-state index < -0.39 is 28.7 Å². The van der Waals surface area contributed by atoms with E-state index in [4.69, 9.17) is 4.74 Å². The molecule has 152 valence electrons. The van der Waals surface area contributed by atoms with Crippen LogP contribution in [0.3, 0.4) is 0 Å². The lowest BCUT2D eigenvalue weighted by atomic mass is 10.1. The molecule has 2 N–H and O–H groups in total. The predicted molar refractivity (Wildman–Crippen MR) is 96.0 cm³/mol. The molecule has 0 aliphatic carbocycles. The van der Waals surface area contributed by atoms with Gasteiger partial charge in [0.25, 0.3) is 5.91 Å². The summed E-state index contributed by atoms with van der Waals surface area (Å²) in [4.78, 5) is 11.6. The topological polar surface area (TPSA) is 84.5 Å². The third-order valence-corrected chi connectivity index (χ3v) is 5.06. The number of hydrogen-bond donors (Lipinski definition) is 2. The highest BCUT2D eigenvalue weighted by Gasteiger charge is 2.28. The Balaban J connectivity index is 2.01. The Morgan fingerprint density at radius 1 is 1.07 bits per heavy atom. The maximum atomic E-state index is 12.4. The molecule has 0 bridgehead atoms. The molecule has 0 spiro atoms. The molecule has 0 atom stereocenters. The molecule has 0 aliphatic heterocycles. The summed E-state index contributed by atoms with van der Waals surface area (Å²) in [5, 5.41) is 1.72.